The quantitative estimate of drug-likeness (QED) is 0.900. The van der Waals surface area contributed by atoms with Gasteiger partial charge in [0.2, 0.25) is 0 Å². The number of aromatic nitrogens is 1. The van der Waals surface area contributed by atoms with Gasteiger partial charge in [-0.25, -0.2) is 4.39 Å². The second-order valence-corrected chi connectivity index (χ2v) is 7.51. The number of carbonyl (C=O) groups is 1. The van der Waals surface area contributed by atoms with Gasteiger partial charge in [0.25, 0.3) is 5.91 Å². The van der Waals surface area contributed by atoms with Crippen molar-refractivity contribution in [1.29, 1.82) is 0 Å². The lowest BCUT2D eigenvalue weighted by Gasteiger charge is -2.36. The molecular formula is C21H24FN3O2. The first-order chi connectivity index (χ1) is 13.0. The Bertz CT molecular complexity index is 834. The summed E-state index contributed by atoms with van der Waals surface area (Å²) in [5.41, 5.74) is 2.03. The third-order valence-corrected chi connectivity index (χ3v) is 5.17. The molecule has 1 saturated heterocycles. The molecule has 1 N–H and O–H groups in total. The van der Waals surface area contributed by atoms with Crippen molar-refractivity contribution in [2.45, 2.75) is 44.4 Å². The summed E-state index contributed by atoms with van der Waals surface area (Å²) in [5, 5.41) is 2.98. The zero-order chi connectivity index (χ0) is 19.0. The number of pyridine rings is 1. The number of hydrogen-bond acceptors (Lipinski definition) is 4. The van der Waals surface area contributed by atoms with Gasteiger partial charge in [-0.2, -0.15) is 0 Å². The van der Waals surface area contributed by atoms with Gasteiger partial charge in [-0.3, -0.25) is 9.78 Å². The summed E-state index contributed by atoms with van der Waals surface area (Å²) in [7, 11) is 0. The van der Waals surface area contributed by atoms with Gasteiger partial charge >= 0.3 is 0 Å². The molecule has 4 rings (SSSR count). The molecule has 0 unspecified atom stereocenters. The summed E-state index contributed by atoms with van der Waals surface area (Å²) in [6, 6.07) is 10.4. The number of carbonyl (C=O) groups excluding carboxylic acids is 1. The van der Waals surface area contributed by atoms with E-state index in [1.807, 2.05) is 32.0 Å². The maximum atomic E-state index is 13.9. The van der Waals surface area contributed by atoms with Crippen LogP contribution in [0.4, 0.5) is 10.1 Å². The number of amides is 1. The van der Waals surface area contributed by atoms with Crippen molar-refractivity contribution in [2.24, 2.45) is 0 Å². The lowest BCUT2D eigenvalue weighted by molar-refractivity contribution is -0.00522. The smallest absolute Gasteiger partial charge is 0.270 e. The van der Waals surface area contributed by atoms with E-state index < -0.39 is 0 Å². The van der Waals surface area contributed by atoms with Crippen LogP contribution in [0.25, 0.3) is 0 Å². The molecule has 2 heterocycles. The van der Waals surface area contributed by atoms with Gasteiger partial charge in [-0.15, -0.1) is 0 Å². The second-order valence-electron chi connectivity index (χ2n) is 7.51. The van der Waals surface area contributed by atoms with E-state index in [9.17, 15) is 9.18 Å². The van der Waals surface area contributed by atoms with Crippen molar-refractivity contribution >= 4 is 11.6 Å². The topological polar surface area (TPSA) is 54.5 Å². The second kappa shape index (κ2) is 7.27. The highest BCUT2D eigenvalue weighted by Gasteiger charge is 2.41. The van der Waals surface area contributed by atoms with Crippen LogP contribution in [0.2, 0.25) is 0 Å². The summed E-state index contributed by atoms with van der Waals surface area (Å²) in [5.74, 6) is -0.385. The molecule has 1 saturated carbocycles. The molecule has 4 atom stereocenters. The molecule has 5 nitrogen and oxygen atoms in total. The Morgan fingerprint density at radius 2 is 1.96 bits per heavy atom. The highest BCUT2D eigenvalue weighted by Crippen LogP contribution is 2.41. The van der Waals surface area contributed by atoms with E-state index in [2.05, 4.69) is 15.2 Å². The molecule has 2 aliphatic rings. The van der Waals surface area contributed by atoms with Gasteiger partial charge in [-0.05, 0) is 44.0 Å². The maximum Gasteiger partial charge on any atom is 0.270 e. The molecule has 0 radical (unpaired) electrons. The van der Waals surface area contributed by atoms with Gasteiger partial charge in [0, 0.05) is 36.9 Å². The molecule has 1 aliphatic carbocycles. The summed E-state index contributed by atoms with van der Waals surface area (Å²) < 4.78 is 19.7. The van der Waals surface area contributed by atoms with Gasteiger partial charge in [-0.1, -0.05) is 18.2 Å². The molecule has 2 fully saturated rings. The third kappa shape index (κ3) is 3.95. The molecule has 27 heavy (non-hydrogen) atoms. The average molecular weight is 369 g/mol. The van der Waals surface area contributed by atoms with Gasteiger partial charge in [0.1, 0.15) is 11.5 Å². The molecule has 2 aromatic rings. The lowest BCUT2D eigenvalue weighted by atomic mass is 10.1. The molecule has 1 aliphatic heterocycles. The number of nitrogens with one attached hydrogen (secondary N) is 1. The van der Waals surface area contributed by atoms with Gasteiger partial charge in [0.15, 0.2) is 0 Å². The predicted molar refractivity (Wildman–Crippen MR) is 101 cm³/mol. The molecule has 1 aromatic carbocycles. The number of halogens is 1. The third-order valence-electron chi connectivity index (χ3n) is 5.17. The summed E-state index contributed by atoms with van der Waals surface area (Å²) >= 11 is 0. The van der Waals surface area contributed by atoms with Crippen molar-refractivity contribution in [3.63, 3.8) is 0 Å². The Kier molecular flexibility index (Phi) is 4.83. The fourth-order valence-corrected chi connectivity index (χ4v) is 3.85. The number of anilines is 1. The molecule has 1 amide bonds. The minimum absolute atomic E-state index is 0.0386. The van der Waals surface area contributed by atoms with Crippen molar-refractivity contribution in [2.75, 3.05) is 18.0 Å². The van der Waals surface area contributed by atoms with Crippen molar-refractivity contribution < 1.29 is 13.9 Å². The van der Waals surface area contributed by atoms with Crippen LogP contribution < -0.4 is 10.2 Å². The van der Waals surface area contributed by atoms with E-state index in [-0.39, 0.29) is 35.9 Å². The summed E-state index contributed by atoms with van der Waals surface area (Å²) in [6.07, 6.45) is 2.71. The van der Waals surface area contributed by atoms with E-state index in [1.165, 1.54) is 6.07 Å². The lowest BCUT2D eigenvalue weighted by Crippen LogP contribution is -2.45. The van der Waals surface area contributed by atoms with Gasteiger partial charge < -0.3 is 15.0 Å². The Balaban J connectivity index is 1.42. The molecule has 6 heteroatoms. The van der Waals surface area contributed by atoms with E-state index >= 15 is 0 Å². The Hall–Kier alpha value is -2.47. The first kappa shape index (κ1) is 17.9. The predicted octanol–water partition coefficient (Wildman–Crippen LogP) is 3.12. The SMILES string of the molecule is C[C@@H]1CN(c2ccnc(C(=O)N[C@@H]3C[C@H]3c3ccccc3F)c2)C[C@H](C)O1. The van der Waals surface area contributed by atoms with E-state index in [0.29, 0.717) is 11.3 Å². The first-order valence-electron chi connectivity index (χ1n) is 9.43. The van der Waals surface area contributed by atoms with Crippen LogP contribution in [-0.2, 0) is 4.74 Å². The zero-order valence-electron chi connectivity index (χ0n) is 15.6. The standard InChI is InChI=1S/C21H24FN3O2/c1-13-11-25(12-14(2)27-13)15-7-8-23-20(9-15)21(26)24-19-10-17(19)16-5-3-4-6-18(16)22/h3-9,13-14,17,19H,10-12H2,1-2H3,(H,24,26)/t13-,14+,17-,19+/m0/s1. The molecule has 0 spiro atoms. The first-order valence-corrected chi connectivity index (χ1v) is 9.43. The van der Waals surface area contributed by atoms with Gasteiger partial charge in [0.05, 0.1) is 12.2 Å². The fourth-order valence-electron chi connectivity index (χ4n) is 3.85. The van der Waals surface area contributed by atoms with Crippen LogP contribution >= 0.6 is 0 Å². The Morgan fingerprint density at radius 1 is 1.22 bits per heavy atom. The molecule has 1 aromatic heterocycles. The Labute approximate surface area is 158 Å². The largest absolute Gasteiger partial charge is 0.372 e. The van der Waals surface area contributed by atoms with Crippen LogP contribution in [0.15, 0.2) is 42.6 Å². The van der Waals surface area contributed by atoms with Crippen LogP contribution in [0.5, 0.6) is 0 Å². The minimum Gasteiger partial charge on any atom is -0.372 e. The number of ether oxygens (including phenoxy) is 1. The normalized spacial score (nSPS) is 27.3. The number of benzene rings is 1. The highest BCUT2D eigenvalue weighted by molar-refractivity contribution is 5.93. The van der Waals surface area contributed by atoms with Crippen LogP contribution in [0.3, 0.4) is 0 Å². The number of nitrogens with zero attached hydrogens (tertiary/aromatic N) is 2. The fraction of sp³-hybridized carbons (Fsp3) is 0.429. The van der Waals surface area contributed by atoms with E-state index in [0.717, 1.165) is 25.2 Å². The number of morpholine rings is 1. The Morgan fingerprint density at radius 3 is 2.70 bits per heavy atom. The van der Waals surface area contributed by atoms with E-state index in [4.69, 9.17) is 4.74 Å². The zero-order valence-corrected chi connectivity index (χ0v) is 15.6. The number of rotatable bonds is 4. The molecule has 142 valence electrons. The van der Waals surface area contributed by atoms with Crippen molar-refractivity contribution in [3.05, 3.63) is 59.7 Å². The van der Waals surface area contributed by atoms with Crippen molar-refractivity contribution in [1.82, 2.24) is 10.3 Å². The maximum absolute atomic E-state index is 13.9. The summed E-state index contributed by atoms with van der Waals surface area (Å²) in [4.78, 5) is 19.1. The molecular weight excluding hydrogens is 345 g/mol. The molecule has 0 bridgehead atoms. The average Bonchev–Trinajstić information content (AvgIpc) is 3.40. The van der Waals surface area contributed by atoms with Crippen molar-refractivity contribution in [3.8, 4) is 0 Å². The highest BCUT2D eigenvalue weighted by atomic mass is 19.1. The van der Waals surface area contributed by atoms with Crippen LogP contribution in [0, 0.1) is 5.82 Å². The van der Waals surface area contributed by atoms with E-state index in [1.54, 1.807) is 18.3 Å². The van der Waals surface area contributed by atoms with Crippen LogP contribution in [-0.4, -0.2) is 42.2 Å². The number of hydrogen-bond donors (Lipinski definition) is 1. The monoisotopic (exact) mass is 369 g/mol. The van der Waals surface area contributed by atoms with Crippen LogP contribution in [0.1, 0.15) is 42.2 Å². The minimum atomic E-state index is -0.213. The summed E-state index contributed by atoms with van der Waals surface area (Å²) in [6.45, 7) is 5.67.